The third-order valence-corrected chi connectivity index (χ3v) is 15.1. The molecule has 9 atom stereocenters. The van der Waals surface area contributed by atoms with Crippen molar-refractivity contribution in [1.29, 1.82) is 0 Å². The smallest absolute Gasteiger partial charge is 0.146 e. The molecule has 1 aromatic carbocycles. The van der Waals surface area contributed by atoms with Crippen molar-refractivity contribution in [2.45, 2.75) is 108 Å². The summed E-state index contributed by atoms with van der Waals surface area (Å²) in [6.07, 6.45) is 21.7. The largest absolute Gasteiger partial charge is 0.396 e. The molecule has 1 aliphatic heterocycles. The summed E-state index contributed by atoms with van der Waals surface area (Å²) in [5, 5.41) is 53.4. The Morgan fingerprint density at radius 1 is 1.13 bits per heavy atom. The van der Waals surface area contributed by atoms with Crippen LogP contribution >= 0.6 is 0 Å². The van der Waals surface area contributed by atoms with E-state index in [4.69, 9.17) is 9.47 Å². The summed E-state index contributed by atoms with van der Waals surface area (Å²) in [6, 6.07) is 8.93. The van der Waals surface area contributed by atoms with Crippen LogP contribution in [0.4, 0.5) is 0 Å². The molecule has 5 aliphatic rings. The second-order valence-corrected chi connectivity index (χ2v) is 19.1. The Hall–Kier alpha value is -2.99. The molecule has 9 nitrogen and oxygen atoms in total. The molecule has 4 bridgehead atoms. The molecule has 2 saturated carbocycles. The highest BCUT2D eigenvalue weighted by Crippen LogP contribution is 2.72. The van der Waals surface area contributed by atoms with E-state index in [0.29, 0.717) is 51.7 Å². The van der Waals surface area contributed by atoms with Crippen molar-refractivity contribution in [3.63, 3.8) is 0 Å². The molecule has 2 fully saturated rings. The molecule has 1 spiro atoms. The summed E-state index contributed by atoms with van der Waals surface area (Å²) in [5.41, 5.74) is 5.03. The summed E-state index contributed by atoms with van der Waals surface area (Å²) in [6.45, 7) is 11.4. The van der Waals surface area contributed by atoms with Crippen LogP contribution in [0.2, 0.25) is 0 Å². The van der Waals surface area contributed by atoms with Gasteiger partial charge in [-0.05, 0) is 150 Å². The average molecular weight is 827 g/mol. The first-order chi connectivity index (χ1) is 28.9. The number of carbonyl (C=O) groups is 1. The maximum atomic E-state index is 13.2. The zero-order chi connectivity index (χ0) is 43.0. The molecular formula is C51H74N2O7. The first-order valence-corrected chi connectivity index (χ1v) is 22.7. The first-order valence-electron chi connectivity index (χ1n) is 22.7. The van der Waals surface area contributed by atoms with Gasteiger partial charge in [0.2, 0.25) is 0 Å². The third-order valence-electron chi connectivity index (χ3n) is 15.1. The Morgan fingerprint density at radius 2 is 1.95 bits per heavy atom. The number of nitrogens with one attached hydrogen (secondary N) is 2. The molecule has 0 radical (unpaired) electrons. The van der Waals surface area contributed by atoms with Crippen LogP contribution < -0.4 is 10.6 Å². The van der Waals surface area contributed by atoms with Crippen LogP contribution in [0.5, 0.6) is 0 Å². The Morgan fingerprint density at radius 3 is 2.70 bits per heavy atom. The van der Waals surface area contributed by atoms with Gasteiger partial charge in [-0.3, -0.25) is 4.79 Å². The highest BCUT2D eigenvalue weighted by molar-refractivity contribution is 5.77. The predicted molar refractivity (Wildman–Crippen MR) is 239 cm³/mol. The Kier molecular flexibility index (Phi) is 15.9. The third kappa shape index (κ3) is 9.64. The van der Waals surface area contributed by atoms with E-state index in [1.54, 1.807) is 7.11 Å². The second kappa shape index (κ2) is 20.5. The fraction of sp³-hybridized carbons (Fsp3) is 0.627. The van der Waals surface area contributed by atoms with Gasteiger partial charge in [0, 0.05) is 49.2 Å². The maximum absolute atomic E-state index is 13.2. The number of carbonyl (C=O) groups excluding carboxylic acids is 1. The van der Waals surface area contributed by atoms with Gasteiger partial charge < -0.3 is 40.5 Å². The molecule has 0 aromatic heterocycles. The summed E-state index contributed by atoms with van der Waals surface area (Å²) in [5.74, 6) is -0.554. The van der Waals surface area contributed by atoms with Crippen LogP contribution in [0.1, 0.15) is 89.2 Å². The number of benzene rings is 1. The number of aliphatic hydroxyl groups is 4. The van der Waals surface area contributed by atoms with E-state index in [1.807, 2.05) is 13.1 Å². The minimum atomic E-state index is -1.22. The van der Waals surface area contributed by atoms with Gasteiger partial charge in [0.15, 0.2) is 0 Å². The topological polar surface area (TPSA) is 141 Å². The van der Waals surface area contributed by atoms with Gasteiger partial charge >= 0.3 is 0 Å². The van der Waals surface area contributed by atoms with E-state index in [0.717, 1.165) is 73.6 Å². The number of ether oxygens (including phenoxy) is 2. The zero-order valence-corrected chi connectivity index (χ0v) is 36.9. The summed E-state index contributed by atoms with van der Waals surface area (Å²) in [4.78, 5) is 12.8. The summed E-state index contributed by atoms with van der Waals surface area (Å²) >= 11 is 0. The molecule has 9 heteroatoms. The van der Waals surface area contributed by atoms with Crippen molar-refractivity contribution >= 4 is 6.29 Å². The maximum Gasteiger partial charge on any atom is 0.146 e. The molecule has 6 N–H and O–H groups in total. The minimum Gasteiger partial charge on any atom is -0.396 e. The van der Waals surface area contributed by atoms with Gasteiger partial charge in [0.25, 0.3) is 0 Å². The van der Waals surface area contributed by atoms with Gasteiger partial charge in [0.1, 0.15) is 6.29 Å². The SMILES string of the molecule is C=C(/C=C/C=C(/COCCO)[C@@H]1CC[C@]2([C@@H]1O)[C@H]1C3=C(C=O)CCC[C@@]3(C=C[C@@H]1CCO)C[C@]2(O)CCNC)[C@H]1C/C=C(\C)CN[C@](C)(CCOC)Cc2cccc(c2)C1. The number of aliphatic hydroxyl groups excluding tert-OH is 3. The van der Waals surface area contributed by atoms with Crippen molar-refractivity contribution in [1.82, 2.24) is 10.6 Å². The molecule has 0 amide bonds. The van der Waals surface area contributed by atoms with Crippen molar-refractivity contribution in [3.05, 3.63) is 106 Å². The monoisotopic (exact) mass is 827 g/mol. The van der Waals surface area contributed by atoms with E-state index < -0.39 is 22.5 Å². The molecule has 60 heavy (non-hydrogen) atoms. The molecule has 6 rings (SSSR count). The van der Waals surface area contributed by atoms with Gasteiger partial charge in [-0.15, -0.1) is 0 Å². The predicted octanol–water partition coefficient (Wildman–Crippen LogP) is 6.52. The van der Waals surface area contributed by atoms with E-state index >= 15 is 0 Å². The number of aldehydes is 1. The van der Waals surface area contributed by atoms with Crippen LogP contribution in [0.15, 0.2) is 95.2 Å². The van der Waals surface area contributed by atoms with Crippen LogP contribution in [0.3, 0.4) is 0 Å². The van der Waals surface area contributed by atoms with Gasteiger partial charge in [-0.25, -0.2) is 0 Å². The number of fused-ring (bicyclic) bond motifs is 3. The number of hydrogen-bond donors (Lipinski definition) is 6. The van der Waals surface area contributed by atoms with Crippen LogP contribution in [0.25, 0.3) is 0 Å². The van der Waals surface area contributed by atoms with Crippen LogP contribution in [0, 0.1) is 34.5 Å². The van der Waals surface area contributed by atoms with E-state index in [2.05, 4.69) is 85.7 Å². The second-order valence-electron chi connectivity index (χ2n) is 19.1. The number of allylic oxidation sites excluding steroid dienone is 9. The highest BCUT2D eigenvalue weighted by Gasteiger charge is 2.71. The minimum absolute atomic E-state index is 0.0193. The average Bonchev–Trinajstić information content (AvgIpc) is 3.58. The molecule has 0 unspecified atom stereocenters. The molecule has 1 aromatic rings. The number of rotatable bonds is 17. The first kappa shape index (κ1) is 46.5. The van der Waals surface area contributed by atoms with Crippen molar-refractivity contribution in [3.8, 4) is 0 Å². The van der Waals surface area contributed by atoms with E-state index in [-0.39, 0.29) is 55.6 Å². The number of hydrogen-bond acceptors (Lipinski definition) is 9. The van der Waals surface area contributed by atoms with Gasteiger partial charge in [0.05, 0.1) is 31.5 Å². The molecule has 0 saturated heterocycles. The van der Waals surface area contributed by atoms with Crippen LogP contribution in [-0.4, -0.2) is 104 Å². The van der Waals surface area contributed by atoms with E-state index in [9.17, 15) is 25.2 Å². The lowest BCUT2D eigenvalue weighted by molar-refractivity contribution is -0.207. The molecule has 1 heterocycles. The standard InChI is InChI=1S/C51H74N2O7/c1-36-14-15-41(30-38-10-7-11-39(29-38)31-48(3,53-32-36)23-27-59-5)37(2)9-6-12-43(34-60-28-26-55)44-17-21-51(47(44)57)46-40(18-25-54)16-20-49(35-50(51,58)22-24-52-4)19-8-13-42(33-56)45(46)49/h6-7,9-12,14,16,20,29,33,40-41,44,46-47,52-55,57-58H,2,8,13,15,17-19,21-28,30-32,34-35H2,1,3-5H3/b9-6+,36-14+,43-12-/t40-,41+,44+,46-,47-,48-,49-,50-,51-/m1/s1. The van der Waals surface area contributed by atoms with Crippen LogP contribution in [-0.2, 0) is 27.1 Å². The van der Waals surface area contributed by atoms with Crippen molar-refractivity contribution in [2.24, 2.45) is 34.5 Å². The molecular weight excluding hydrogens is 753 g/mol. The Balaban J connectivity index is 1.32. The van der Waals surface area contributed by atoms with E-state index in [1.165, 1.54) is 16.7 Å². The number of methoxy groups -OCH3 is 1. The normalized spacial score (nSPS) is 35.5. The lowest BCUT2D eigenvalue weighted by Gasteiger charge is -2.66. The lowest BCUT2D eigenvalue weighted by atomic mass is 9.40. The fourth-order valence-electron chi connectivity index (χ4n) is 12.1. The Labute approximate surface area is 359 Å². The van der Waals surface area contributed by atoms with Gasteiger partial charge in [-0.2, -0.15) is 0 Å². The molecule has 4 aliphatic carbocycles. The summed E-state index contributed by atoms with van der Waals surface area (Å²) in [7, 11) is 3.65. The van der Waals surface area contributed by atoms with Crippen molar-refractivity contribution < 1.29 is 34.7 Å². The highest BCUT2D eigenvalue weighted by atomic mass is 16.5. The lowest BCUT2D eigenvalue weighted by Crippen LogP contribution is -2.67. The Bertz CT molecular complexity index is 1810. The molecule has 330 valence electrons. The fourth-order valence-corrected chi connectivity index (χ4v) is 12.1. The quantitative estimate of drug-likeness (QED) is 0.0449. The zero-order valence-electron chi connectivity index (χ0n) is 36.9. The summed E-state index contributed by atoms with van der Waals surface area (Å²) < 4.78 is 11.5. The van der Waals surface area contributed by atoms with Crippen molar-refractivity contribution in [2.75, 3.05) is 60.3 Å². The van der Waals surface area contributed by atoms with Gasteiger partial charge in [-0.1, -0.05) is 78.4 Å².